The summed E-state index contributed by atoms with van der Waals surface area (Å²) in [6, 6.07) is 64.1. The molecular weight excluding hydrogens is 542 g/mol. The summed E-state index contributed by atoms with van der Waals surface area (Å²) in [6.45, 7) is 0. The van der Waals surface area contributed by atoms with Crippen molar-refractivity contribution in [3.05, 3.63) is 176 Å². The molecule has 0 aliphatic carbocycles. The van der Waals surface area contributed by atoms with Gasteiger partial charge in [0.1, 0.15) is 0 Å². The molecule has 0 unspecified atom stereocenters. The number of hydrogen-bond acceptors (Lipinski definition) is 1. The van der Waals surface area contributed by atoms with Crippen molar-refractivity contribution in [1.29, 1.82) is 0 Å². The lowest BCUT2D eigenvalue weighted by Gasteiger charge is -2.29. The van der Waals surface area contributed by atoms with Gasteiger partial charge in [-0.1, -0.05) is 146 Å². The number of hydrogen-bond donors (Lipinski definition) is 0. The first kappa shape index (κ1) is 25.6. The summed E-state index contributed by atoms with van der Waals surface area (Å²) >= 11 is 0. The molecule has 0 fully saturated rings. The Bertz CT molecular complexity index is 2540. The molecule has 9 aromatic rings. The highest BCUT2D eigenvalue weighted by atomic mass is 15.1. The van der Waals surface area contributed by atoms with Crippen LogP contribution in [-0.2, 0) is 0 Å². The zero-order valence-corrected chi connectivity index (χ0v) is 24.7. The van der Waals surface area contributed by atoms with E-state index >= 15 is 0 Å². The lowest BCUT2D eigenvalue weighted by atomic mass is 9.93. The summed E-state index contributed by atoms with van der Waals surface area (Å²) in [5.74, 6) is 0. The van der Waals surface area contributed by atoms with E-state index in [0.29, 0.717) is 0 Å². The Kier molecular flexibility index (Phi) is 5.89. The fourth-order valence-electron chi connectivity index (χ4n) is 7.11. The van der Waals surface area contributed by atoms with Gasteiger partial charge < -0.3 is 4.90 Å². The molecule has 0 radical (unpaired) electrons. The highest BCUT2D eigenvalue weighted by Crippen LogP contribution is 2.45. The zero-order valence-electron chi connectivity index (χ0n) is 24.7. The van der Waals surface area contributed by atoms with Gasteiger partial charge in [0, 0.05) is 16.5 Å². The number of anilines is 3. The van der Waals surface area contributed by atoms with Crippen molar-refractivity contribution in [2.45, 2.75) is 0 Å². The molecule has 0 heterocycles. The summed E-state index contributed by atoms with van der Waals surface area (Å²) in [4.78, 5) is 2.44. The molecule has 45 heavy (non-hydrogen) atoms. The third-order valence-corrected chi connectivity index (χ3v) is 9.20. The van der Waals surface area contributed by atoms with E-state index in [1.165, 1.54) is 70.7 Å². The average Bonchev–Trinajstić information content (AvgIpc) is 3.12. The molecule has 0 N–H and O–H groups in total. The van der Waals surface area contributed by atoms with Gasteiger partial charge in [-0.05, 0) is 84.5 Å². The summed E-state index contributed by atoms with van der Waals surface area (Å²) in [5.41, 5.74) is 5.92. The largest absolute Gasteiger partial charge is 0.309 e. The van der Waals surface area contributed by atoms with Crippen molar-refractivity contribution < 1.29 is 0 Å². The fourth-order valence-corrected chi connectivity index (χ4v) is 7.11. The Morgan fingerprint density at radius 3 is 1.47 bits per heavy atom. The second-order valence-electron chi connectivity index (χ2n) is 11.7. The van der Waals surface area contributed by atoms with E-state index in [4.69, 9.17) is 0 Å². The fraction of sp³-hybridized carbons (Fsp3) is 0. The van der Waals surface area contributed by atoms with Gasteiger partial charge in [0.25, 0.3) is 0 Å². The minimum atomic E-state index is 1.13. The lowest BCUT2D eigenvalue weighted by Crippen LogP contribution is -2.11. The molecule has 9 rings (SSSR count). The van der Waals surface area contributed by atoms with Crippen molar-refractivity contribution >= 4 is 70.9 Å². The normalized spacial score (nSPS) is 11.6. The van der Waals surface area contributed by atoms with Crippen molar-refractivity contribution in [2.75, 3.05) is 4.90 Å². The molecule has 0 spiro atoms. The zero-order chi connectivity index (χ0) is 29.7. The SMILES string of the molecule is c1ccc2c(N(c3ccc(-c4cc5ccccc5c5ccccc45)cc3)c3cc4ccccc4c4ccccc34)cccc2c1. The van der Waals surface area contributed by atoms with Crippen molar-refractivity contribution in [3.8, 4) is 11.1 Å². The molecule has 0 amide bonds. The lowest BCUT2D eigenvalue weighted by molar-refractivity contribution is 1.32. The Morgan fingerprint density at radius 1 is 0.289 bits per heavy atom. The van der Waals surface area contributed by atoms with Gasteiger partial charge in [-0.15, -0.1) is 0 Å². The monoisotopic (exact) mass is 571 g/mol. The Balaban J connectivity index is 1.29. The Hall–Kier alpha value is -5.92. The minimum Gasteiger partial charge on any atom is -0.309 e. The quantitative estimate of drug-likeness (QED) is 0.190. The smallest absolute Gasteiger partial charge is 0.0546 e. The van der Waals surface area contributed by atoms with Crippen molar-refractivity contribution in [3.63, 3.8) is 0 Å². The summed E-state index contributed by atoms with van der Waals surface area (Å²) in [7, 11) is 0. The van der Waals surface area contributed by atoms with Crippen LogP contribution in [0.15, 0.2) is 176 Å². The van der Waals surface area contributed by atoms with Gasteiger partial charge >= 0.3 is 0 Å². The van der Waals surface area contributed by atoms with E-state index in [9.17, 15) is 0 Å². The maximum Gasteiger partial charge on any atom is 0.0546 e. The van der Waals surface area contributed by atoms with Crippen molar-refractivity contribution in [2.24, 2.45) is 0 Å². The maximum atomic E-state index is 2.44. The molecule has 1 heteroatoms. The van der Waals surface area contributed by atoms with Crippen LogP contribution < -0.4 is 4.90 Å². The molecular formula is C44H29N. The van der Waals surface area contributed by atoms with Gasteiger partial charge in [-0.2, -0.15) is 0 Å². The molecule has 0 saturated carbocycles. The highest BCUT2D eigenvalue weighted by Gasteiger charge is 2.19. The summed E-state index contributed by atoms with van der Waals surface area (Å²) < 4.78 is 0. The van der Waals surface area contributed by atoms with E-state index in [0.717, 1.165) is 11.4 Å². The average molecular weight is 572 g/mol. The van der Waals surface area contributed by atoms with E-state index in [1.807, 2.05) is 0 Å². The summed E-state index contributed by atoms with van der Waals surface area (Å²) in [6.07, 6.45) is 0. The van der Waals surface area contributed by atoms with E-state index in [2.05, 4.69) is 181 Å². The molecule has 0 bridgehead atoms. The molecule has 0 saturated heterocycles. The van der Waals surface area contributed by atoms with Gasteiger partial charge in [0.05, 0.1) is 11.4 Å². The number of rotatable bonds is 4. The van der Waals surface area contributed by atoms with E-state index < -0.39 is 0 Å². The molecule has 0 aliphatic rings. The van der Waals surface area contributed by atoms with Crippen LogP contribution in [0.4, 0.5) is 17.1 Å². The second kappa shape index (κ2) is 10.4. The molecule has 210 valence electrons. The van der Waals surface area contributed by atoms with Crippen LogP contribution in [0.1, 0.15) is 0 Å². The first-order valence-electron chi connectivity index (χ1n) is 15.5. The Morgan fingerprint density at radius 2 is 0.778 bits per heavy atom. The number of benzene rings is 9. The third kappa shape index (κ3) is 4.17. The minimum absolute atomic E-state index is 1.13. The van der Waals surface area contributed by atoms with Crippen LogP contribution >= 0.6 is 0 Å². The molecule has 1 nitrogen and oxygen atoms in total. The standard InChI is InChI=1S/C44H29N/c1-6-18-37-30(12-1)15-11-23-43(37)45(44-29-33-14-3-5-17-36(33)39-20-9-10-22-41(39)44)34-26-24-31(25-27-34)42-28-32-13-2-4-16-35(32)38-19-7-8-21-40(38)42/h1-29H. The third-order valence-electron chi connectivity index (χ3n) is 9.20. The van der Waals surface area contributed by atoms with E-state index in [-0.39, 0.29) is 0 Å². The Labute approximate surface area is 262 Å². The van der Waals surface area contributed by atoms with E-state index in [1.54, 1.807) is 0 Å². The van der Waals surface area contributed by atoms with Crippen LogP contribution in [0.3, 0.4) is 0 Å². The van der Waals surface area contributed by atoms with Gasteiger partial charge in [0.2, 0.25) is 0 Å². The molecule has 0 aliphatic heterocycles. The first-order chi connectivity index (χ1) is 22.3. The summed E-state index contributed by atoms with van der Waals surface area (Å²) in [5, 5.41) is 12.6. The molecule has 0 atom stereocenters. The van der Waals surface area contributed by atoms with Gasteiger partial charge in [-0.25, -0.2) is 0 Å². The molecule has 0 aromatic heterocycles. The predicted molar refractivity (Wildman–Crippen MR) is 194 cm³/mol. The predicted octanol–water partition coefficient (Wildman–Crippen LogP) is 12.6. The van der Waals surface area contributed by atoms with Crippen molar-refractivity contribution in [1.82, 2.24) is 0 Å². The van der Waals surface area contributed by atoms with Crippen LogP contribution in [0.2, 0.25) is 0 Å². The van der Waals surface area contributed by atoms with Crippen LogP contribution in [0.25, 0.3) is 65.0 Å². The van der Waals surface area contributed by atoms with Crippen LogP contribution in [0, 0.1) is 0 Å². The second-order valence-corrected chi connectivity index (χ2v) is 11.7. The first-order valence-corrected chi connectivity index (χ1v) is 15.5. The maximum absolute atomic E-state index is 2.44. The van der Waals surface area contributed by atoms with Crippen LogP contribution in [-0.4, -0.2) is 0 Å². The topological polar surface area (TPSA) is 3.24 Å². The van der Waals surface area contributed by atoms with Gasteiger partial charge in [0.15, 0.2) is 0 Å². The van der Waals surface area contributed by atoms with Gasteiger partial charge in [-0.3, -0.25) is 0 Å². The number of nitrogens with zero attached hydrogens (tertiary/aromatic N) is 1. The molecule has 9 aromatic carbocycles. The van der Waals surface area contributed by atoms with Crippen LogP contribution in [0.5, 0.6) is 0 Å². The highest BCUT2D eigenvalue weighted by molar-refractivity contribution is 6.16. The number of fused-ring (bicyclic) bond motifs is 7.